The Morgan fingerprint density at radius 1 is 0.465 bits per heavy atom. The molecule has 6 aromatic rings. The molecule has 3 nitrogen and oxygen atoms in total. The highest BCUT2D eigenvalue weighted by Crippen LogP contribution is 2.62. The fourth-order valence-corrected chi connectivity index (χ4v) is 8.39. The highest BCUT2D eigenvalue weighted by molar-refractivity contribution is 7.99. The molecule has 0 bridgehead atoms. The number of hydrogen-bond acceptors (Lipinski definition) is 4. The summed E-state index contributed by atoms with van der Waals surface area (Å²) in [6, 6.07) is 52.5. The first-order chi connectivity index (χ1) is 21.3. The number of fused-ring (bicyclic) bond motifs is 9. The van der Waals surface area contributed by atoms with Crippen LogP contribution in [0.5, 0.6) is 11.5 Å². The average molecular weight is 573 g/mol. The van der Waals surface area contributed by atoms with Crippen molar-refractivity contribution >= 4 is 11.8 Å². The quantitative estimate of drug-likeness (QED) is 0.221. The Morgan fingerprint density at radius 3 is 1.81 bits per heavy atom. The molecule has 0 aromatic heterocycles. The molecule has 1 saturated heterocycles. The number of thioether (sulfide) groups is 1. The van der Waals surface area contributed by atoms with Gasteiger partial charge in [-0.05, 0) is 62.7 Å². The first kappa shape index (κ1) is 24.9. The van der Waals surface area contributed by atoms with E-state index in [1.54, 1.807) is 0 Å². The number of hydrogen-bond donors (Lipinski definition) is 2. The molecule has 0 radical (unpaired) electrons. The number of hydrazine groups is 1. The first-order valence-electron chi connectivity index (χ1n) is 14.7. The molecule has 2 heterocycles. The highest BCUT2D eigenvalue weighted by Gasteiger charge is 2.50. The number of rotatable bonds is 3. The van der Waals surface area contributed by atoms with Gasteiger partial charge in [0.05, 0.1) is 16.2 Å². The molecule has 1 spiro atoms. The Morgan fingerprint density at radius 2 is 1.05 bits per heavy atom. The Balaban J connectivity index is 1.15. The second-order valence-electron chi connectivity index (χ2n) is 11.4. The van der Waals surface area contributed by atoms with Crippen LogP contribution in [0, 0.1) is 0 Å². The van der Waals surface area contributed by atoms with Crippen LogP contribution in [0.1, 0.15) is 44.1 Å². The van der Waals surface area contributed by atoms with E-state index in [9.17, 15) is 0 Å². The summed E-state index contributed by atoms with van der Waals surface area (Å²) in [5.41, 5.74) is 19.0. The summed E-state index contributed by atoms with van der Waals surface area (Å²) in [6.07, 6.45) is 0. The fraction of sp³-hybridized carbons (Fsp3) is 0.0769. The molecule has 1 fully saturated rings. The van der Waals surface area contributed by atoms with E-state index in [-0.39, 0.29) is 10.7 Å². The molecular weight excluding hydrogens is 545 g/mol. The van der Waals surface area contributed by atoms with Crippen molar-refractivity contribution in [2.45, 2.75) is 16.2 Å². The highest BCUT2D eigenvalue weighted by atomic mass is 32.2. The predicted octanol–water partition coefficient (Wildman–Crippen LogP) is 9.36. The molecule has 4 heteroatoms. The van der Waals surface area contributed by atoms with Crippen molar-refractivity contribution in [1.82, 2.24) is 10.9 Å². The van der Waals surface area contributed by atoms with Gasteiger partial charge in [0.15, 0.2) is 0 Å². The molecule has 3 aliphatic rings. The number of para-hydroxylation sites is 1. The first-order valence-corrected chi connectivity index (χ1v) is 15.7. The van der Waals surface area contributed by atoms with Gasteiger partial charge >= 0.3 is 0 Å². The van der Waals surface area contributed by atoms with Crippen LogP contribution in [0.4, 0.5) is 0 Å². The van der Waals surface area contributed by atoms with E-state index in [1.165, 1.54) is 50.1 Å². The molecule has 0 amide bonds. The summed E-state index contributed by atoms with van der Waals surface area (Å²) in [7, 11) is 0. The van der Waals surface area contributed by atoms with E-state index in [1.807, 2.05) is 11.8 Å². The predicted molar refractivity (Wildman–Crippen MR) is 175 cm³/mol. The van der Waals surface area contributed by atoms with Crippen LogP contribution in [0.15, 0.2) is 146 Å². The second-order valence-corrected chi connectivity index (χ2v) is 12.6. The molecule has 2 unspecified atom stereocenters. The van der Waals surface area contributed by atoms with Gasteiger partial charge in [0.25, 0.3) is 0 Å². The lowest BCUT2D eigenvalue weighted by molar-refractivity contribution is 0.436. The van der Waals surface area contributed by atoms with Crippen molar-refractivity contribution in [3.05, 3.63) is 179 Å². The zero-order valence-corrected chi connectivity index (χ0v) is 24.1. The van der Waals surface area contributed by atoms with Gasteiger partial charge < -0.3 is 4.74 Å². The van der Waals surface area contributed by atoms with Gasteiger partial charge in [-0.25, -0.2) is 10.9 Å². The van der Waals surface area contributed by atoms with Crippen LogP contribution >= 0.6 is 11.8 Å². The van der Waals surface area contributed by atoms with Crippen molar-refractivity contribution in [3.63, 3.8) is 0 Å². The van der Waals surface area contributed by atoms with Crippen molar-refractivity contribution in [1.29, 1.82) is 0 Å². The van der Waals surface area contributed by atoms with Crippen LogP contribution in [0.3, 0.4) is 0 Å². The van der Waals surface area contributed by atoms with Crippen LogP contribution in [0.2, 0.25) is 0 Å². The van der Waals surface area contributed by atoms with Crippen LogP contribution < -0.4 is 15.6 Å². The van der Waals surface area contributed by atoms with Gasteiger partial charge in [-0.2, -0.15) is 0 Å². The molecule has 0 saturated carbocycles. The van der Waals surface area contributed by atoms with E-state index in [2.05, 4.69) is 156 Å². The van der Waals surface area contributed by atoms with Gasteiger partial charge in [-0.15, -0.1) is 11.8 Å². The number of nitrogens with one attached hydrogen (secondary N) is 2. The minimum absolute atomic E-state index is 0.153. The maximum atomic E-state index is 6.72. The van der Waals surface area contributed by atoms with Crippen molar-refractivity contribution < 1.29 is 4.74 Å². The zero-order valence-electron chi connectivity index (χ0n) is 23.3. The van der Waals surface area contributed by atoms with Crippen molar-refractivity contribution in [3.8, 4) is 33.8 Å². The van der Waals surface area contributed by atoms with E-state index in [0.29, 0.717) is 0 Å². The molecule has 6 aromatic carbocycles. The molecule has 206 valence electrons. The van der Waals surface area contributed by atoms with E-state index in [0.717, 1.165) is 17.1 Å². The van der Waals surface area contributed by atoms with Gasteiger partial charge in [0, 0.05) is 11.1 Å². The minimum atomic E-state index is -0.430. The minimum Gasteiger partial charge on any atom is -0.457 e. The molecule has 1 aliphatic carbocycles. The topological polar surface area (TPSA) is 33.3 Å². The normalized spacial score (nSPS) is 18.8. The maximum absolute atomic E-state index is 6.72. The zero-order chi connectivity index (χ0) is 28.4. The number of ether oxygens (including phenoxy) is 1. The van der Waals surface area contributed by atoms with Crippen LogP contribution in [0.25, 0.3) is 22.3 Å². The SMILES string of the molecule is c1ccc(C2NNC(c3cccc(-c4ccc5c(c4)Oc4ccccc4C54c5ccccc5-c5ccccc54)c3)S2)cc1. The largest absolute Gasteiger partial charge is 0.457 e. The second kappa shape index (κ2) is 9.72. The summed E-state index contributed by atoms with van der Waals surface area (Å²) in [4.78, 5) is 0. The van der Waals surface area contributed by atoms with E-state index in [4.69, 9.17) is 4.74 Å². The van der Waals surface area contributed by atoms with Gasteiger partial charge in [-0.3, -0.25) is 0 Å². The smallest absolute Gasteiger partial charge is 0.132 e. The molecular formula is C39H28N2OS. The van der Waals surface area contributed by atoms with Crippen molar-refractivity contribution in [2.75, 3.05) is 0 Å². The third kappa shape index (κ3) is 3.71. The lowest BCUT2D eigenvalue weighted by atomic mass is 9.66. The number of benzene rings is 6. The Kier molecular flexibility index (Phi) is 5.63. The van der Waals surface area contributed by atoms with Crippen LogP contribution in [-0.2, 0) is 5.41 Å². The van der Waals surface area contributed by atoms with Crippen LogP contribution in [-0.4, -0.2) is 0 Å². The Labute approximate surface area is 255 Å². The fourth-order valence-electron chi connectivity index (χ4n) is 7.23. The summed E-state index contributed by atoms with van der Waals surface area (Å²) in [5, 5.41) is 0.362. The molecule has 2 aliphatic heterocycles. The standard InChI is InChI=1S/C39H28N2OS/c1-2-11-25(12-3-1)37-40-41-38(43-37)28-14-10-13-26(23-28)27-21-22-34-36(24-27)42-35-20-9-8-19-33(35)39(34)31-17-6-4-15-29(31)30-16-5-7-18-32(30)39/h1-24,37-38,40-41H. The van der Waals surface area contributed by atoms with Gasteiger partial charge in [0.2, 0.25) is 0 Å². The summed E-state index contributed by atoms with van der Waals surface area (Å²) >= 11 is 1.89. The Bertz CT molecular complexity index is 1970. The molecule has 43 heavy (non-hydrogen) atoms. The average Bonchev–Trinajstić information content (AvgIpc) is 3.68. The molecule has 9 rings (SSSR count). The van der Waals surface area contributed by atoms with Gasteiger partial charge in [-0.1, -0.05) is 127 Å². The Hall–Kier alpha value is -4.61. The summed E-state index contributed by atoms with van der Waals surface area (Å²) in [5.74, 6) is 1.82. The summed E-state index contributed by atoms with van der Waals surface area (Å²) < 4.78 is 6.72. The lowest BCUT2D eigenvalue weighted by Crippen LogP contribution is -2.32. The lowest BCUT2D eigenvalue weighted by Gasteiger charge is -2.39. The van der Waals surface area contributed by atoms with E-state index >= 15 is 0 Å². The monoisotopic (exact) mass is 572 g/mol. The summed E-state index contributed by atoms with van der Waals surface area (Å²) in [6.45, 7) is 0. The van der Waals surface area contributed by atoms with E-state index < -0.39 is 5.41 Å². The van der Waals surface area contributed by atoms with Gasteiger partial charge in [0.1, 0.15) is 11.5 Å². The third-order valence-corrected chi connectivity index (χ3v) is 10.4. The van der Waals surface area contributed by atoms with Crippen molar-refractivity contribution in [2.24, 2.45) is 0 Å². The molecule has 2 N–H and O–H groups in total. The third-order valence-electron chi connectivity index (χ3n) is 9.09. The molecule has 2 atom stereocenters. The maximum Gasteiger partial charge on any atom is 0.132 e.